The molecule has 0 saturated carbocycles. The van der Waals surface area contributed by atoms with Crippen LogP contribution in [0.2, 0.25) is 0 Å². The second-order valence-electron chi connectivity index (χ2n) is 12.7. The molecular weight excluding hydrogens is 550 g/mol. The molecule has 11 heteroatoms. The maximum Gasteiger partial charge on any atom is 0.264 e. The lowest BCUT2D eigenvalue weighted by Crippen LogP contribution is -2.49. The first-order valence-corrected chi connectivity index (χ1v) is 15.9. The number of aryl methyl sites for hydroxylation is 2. The SMILES string of the molecule is CC(=O)N1CCc2c(c(N3CCCc4cc(-c5cnn(C)c5)c(C(F)F)cc43)nn2C2CCN([C@@H]3CCCNC3)CC2)C1. The van der Waals surface area contributed by atoms with E-state index in [4.69, 9.17) is 5.10 Å². The molecule has 6 heterocycles. The highest BCUT2D eigenvalue weighted by atomic mass is 19.3. The highest BCUT2D eigenvalue weighted by Gasteiger charge is 2.35. The molecule has 0 spiro atoms. The lowest BCUT2D eigenvalue weighted by molar-refractivity contribution is -0.129. The lowest BCUT2D eigenvalue weighted by atomic mass is 9.92. The largest absolute Gasteiger partial charge is 0.338 e. The summed E-state index contributed by atoms with van der Waals surface area (Å²) in [5.74, 6) is 0.883. The van der Waals surface area contributed by atoms with Gasteiger partial charge in [0.05, 0.1) is 18.8 Å². The van der Waals surface area contributed by atoms with Crippen molar-refractivity contribution in [3.05, 3.63) is 46.9 Å². The van der Waals surface area contributed by atoms with Gasteiger partial charge in [-0.15, -0.1) is 0 Å². The Kier molecular flexibility index (Phi) is 7.71. The zero-order chi connectivity index (χ0) is 29.7. The molecule has 1 aromatic carbocycles. The van der Waals surface area contributed by atoms with Crippen LogP contribution in [0.5, 0.6) is 0 Å². The molecule has 2 saturated heterocycles. The van der Waals surface area contributed by atoms with Gasteiger partial charge in [-0.3, -0.25) is 19.1 Å². The first-order chi connectivity index (χ1) is 20.9. The third-order valence-electron chi connectivity index (χ3n) is 10.0. The van der Waals surface area contributed by atoms with Crippen LogP contribution in [0.15, 0.2) is 24.5 Å². The Morgan fingerprint density at radius 1 is 1.05 bits per heavy atom. The smallest absolute Gasteiger partial charge is 0.264 e. The van der Waals surface area contributed by atoms with Gasteiger partial charge < -0.3 is 15.1 Å². The van der Waals surface area contributed by atoms with Crippen molar-refractivity contribution in [3.8, 4) is 11.1 Å². The summed E-state index contributed by atoms with van der Waals surface area (Å²) in [5, 5.41) is 13.1. The summed E-state index contributed by atoms with van der Waals surface area (Å²) >= 11 is 0. The maximum atomic E-state index is 14.5. The van der Waals surface area contributed by atoms with E-state index in [1.807, 2.05) is 11.0 Å². The number of amides is 1. The molecule has 230 valence electrons. The summed E-state index contributed by atoms with van der Waals surface area (Å²) in [5.41, 5.74) is 5.39. The number of piperidine rings is 2. The van der Waals surface area contributed by atoms with Crippen LogP contribution in [0.1, 0.15) is 73.9 Å². The van der Waals surface area contributed by atoms with Gasteiger partial charge in [-0.25, -0.2) is 8.78 Å². The van der Waals surface area contributed by atoms with Gasteiger partial charge in [-0.05, 0) is 68.3 Å². The molecule has 2 aromatic heterocycles. The Morgan fingerprint density at radius 2 is 1.88 bits per heavy atom. The molecule has 1 N–H and O–H groups in total. The number of hydrogen-bond donors (Lipinski definition) is 1. The molecule has 1 atom stereocenters. The third kappa shape index (κ3) is 5.35. The number of hydrogen-bond acceptors (Lipinski definition) is 6. The van der Waals surface area contributed by atoms with Gasteiger partial charge >= 0.3 is 0 Å². The van der Waals surface area contributed by atoms with E-state index in [0.717, 1.165) is 80.9 Å². The van der Waals surface area contributed by atoms with Gasteiger partial charge in [-0.2, -0.15) is 10.2 Å². The molecule has 9 nitrogen and oxygen atoms in total. The summed E-state index contributed by atoms with van der Waals surface area (Å²) in [6, 6.07) is 4.52. The van der Waals surface area contributed by atoms with Crippen molar-refractivity contribution in [1.29, 1.82) is 0 Å². The van der Waals surface area contributed by atoms with Crippen LogP contribution in [-0.2, 0) is 31.2 Å². The second kappa shape index (κ2) is 11.6. The fourth-order valence-electron chi connectivity index (χ4n) is 7.72. The molecule has 4 aliphatic rings. The van der Waals surface area contributed by atoms with Gasteiger partial charge in [0.25, 0.3) is 6.43 Å². The number of likely N-dealkylation sites (tertiary alicyclic amines) is 1. The van der Waals surface area contributed by atoms with Crippen LogP contribution in [0.4, 0.5) is 20.3 Å². The molecule has 0 bridgehead atoms. The molecule has 1 amide bonds. The topological polar surface area (TPSA) is 74.5 Å². The normalized spacial score (nSPS) is 21.7. The van der Waals surface area contributed by atoms with Crippen molar-refractivity contribution >= 4 is 17.4 Å². The minimum atomic E-state index is -2.62. The zero-order valence-corrected chi connectivity index (χ0v) is 25.2. The average molecular weight is 593 g/mol. The van der Waals surface area contributed by atoms with Gasteiger partial charge in [0.1, 0.15) is 0 Å². The minimum absolute atomic E-state index is 0.0156. The highest BCUT2D eigenvalue weighted by molar-refractivity contribution is 5.78. The number of anilines is 2. The van der Waals surface area contributed by atoms with Crippen molar-refractivity contribution in [3.63, 3.8) is 0 Å². The molecule has 0 aliphatic carbocycles. The van der Waals surface area contributed by atoms with E-state index < -0.39 is 6.43 Å². The van der Waals surface area contributed by atoms with E-state index in [2.05, 4.69) is 24.9 Å². The molecule has 2 fully saturated rings. The summed E-state index contributed by atoms with van der Waals surface area (Å²) in [4.78, 5) is 19.1. The number of nitrogens with one attached hydrogen (secondary N) is 1. The summed E-state index contributed by atoms with van der Waals surface area (Å²) in [6.45, 7) is 7.83. The van der Waals surface area contributed by atoms with Crippen LogP contribution < -0.4 is 10.2 Å². The Hall–Kier alpha value is -3.31. The number of rotatable bonds is 5. The monoisotopic (exact) mass is 592 g/mol. The van der Waals surface area contributed by atoms with Crippen LogP contribution in [0.3, 0.4) is 0 Å². The highest BCUT2D eigenvalue weighted by Crippen LogP contribution is 2.43. The third-order valence-corrected chi connectivity index (χ3v) is 10.0. The molecule has 0 unspecified atom stereocenters. The molecule has 3 aromatic rings. The average Bonchev–Trinajstić information content (AvgIpc) is 3.64. The molecular formula is C32H42F2N8O. The van der Waals surface area contributed by atoms with Crippen molar-refractivity contribution < 1.29 is 13.6 Å². The Morgan fingerprint density at radius 3 is 2.58 bits per heavy atom. The molecule has 43 heavy (non-hydrogen) atoms. The number of alkyl halides is 2. The van der Waals surface area contributed by atoms with Crippen LogP contribution in [0.25, 0.3) is 11.1 Å². The van der Waals surface area contributed by atoms with Gasteiger partial charge in [0.2, 0.25) is 5.91 Å². The summed E-state index contributed by atoms with van der Waals surface area (Å²) in [6.07, 6.45) is 7.89. The van der Waals surface area contributed by atoms with Crippen molar-refractivity contribution in [2.24, 2.45) is 7.05 Å². The first kappa shape index (κ1) is 28.5. The Labute approximate surface area is 251 Å². The molecule has 7 rings (SSSR count). The van der Waals surface area contributed by atoms with Crippen molar-refractivity contribution in [2.45, 2.75) is 76.9 Å². The Bertz CT molecular complexity index is 1480. The van der Waals surface area contributed by atoms with Crippen molar-refractivity contribution in [2.75, 3.05) is 44.2 Å². The molecule has 4 aliphatic heterocycles. The fraction of sp³-hybridized carbons (Fsp3) is 0.594. The first-order valence-electron chi connectivity index (χ1n) is 15.9. The number of halogens is 2. The van der Waals surface area contributed by atoms with Crippen LogP contribution >= 0.6 is 0 Å². The van der Waals surface area contributed by atoms with E-state index in [9.17, 15) is 13.6 Å². The van der Waals surface area contributed by atoms with Gasteiger partial charge in [-0.1, -0.05) is 0 Å². The standard InChI is InChI=1S/C32H42F2N8O/c1-21(43)40-14-9-29-28(20-40)32(37-42(29)24-7-12-39(13-8-24)25-6-3-10-35-18-25)41-11-4-5-22-15-26(23-17-36-38(2)19-23)27(31(33)34)16-30(22)41/h15-17,19,24-25,31,35H,3-14,18,20H2,1-2H3/t25-/m1/s1. The predicted molar refractivity (Wildman–Crippen MR) is 162 cm³/mol. The van der Waals surface area contributed by atoms with E-state index >= 15 is 0 Å². The Balaban J connectivity index is 1.25. The predicted octanol–water partition coefficient (Wildman–Crippen LogP) is 4.60. The number of nitrogens with zero attached hydrogens (tertiary/aromatic N) is 7. The van der Waals surface area contributed by atoms with E-state index in [-0.39, 0.29) is 11.5 Å². The van der Waals surface area contributed by atoms with E-state index in [0.29, 0.717) is 42.8 Å². The lowest BCUT2D eigenvalue weighted by Gasteiger charge is -2.40. The number of carbonyl (C=O) groups excluding carboxylic acids is 1. The maximum absolute atomic E-state index is 14.5. The quantitative estimate of drug-likeness (QED) is 0.467. The van der Waals surface area contributed by atoms with Gasteiger partial charge in [0, 0.05) is 93.4 Å². The number of benzene rings is 1. The van der Waals surface area contributed by atoms with Gasteiger partial charge in [0.15, 0.2) is 5.82 Å². The van der Waals surface area contributed by atoms with Crippen LogP contribution in [0, 0.1) is 0 Å². The summed E-state index contributed by atoms with van der Waals surface area (Å²) < 4.78 is 33.0. The fourth-order valence-corrected chi connectivity index (χ4v) is 7.72. The number of aromatic nitrogens is 4. The van der Waals surface area contributed by atoms with Crippen LogP contribution in [-0.4, -0.2) is 80.6 Å². The minimum Gasteiger partial charge on any atom is -0.338 e. The van der Waals surface area contributed by atoms with E-state index in [1.165, 1.54) is 18.5 Å². The number of fused-ring (bicyclic) bond motifs is 2. The number of carbonyl (C=O) groups is 1. The molecule has 0 radical (unpaired) electrons. The zero-order valence-electron chi connectivity index (χ0n) is 25.2. The summed E-state index contributed by atoms with van der Waals surface area (Å²) in [7, 11) is 1.80. The second-order valence-corrected chi connectivity index (χ2v) is 12.7. The van der Waals surface area contributed by atoms with Crippen molar-refractivity contribution in [1.82, 2.24) is 34.7 Å². The van der Waals surface area contributed by atoms with E-state index in [1.54, 1.807) is 37.1 Å².